The Labute approximate surface area is 209 Å². The van der Waals surface area contributed by atoms with Gasteiger partial charge in [0.05, 0.1) is 4.90 Å². The Hall–Kier alpha value is -1.46. The molecule has 0 aromatic heterocycles. The third-order valence-corrected chi connectivity index (χ3v) is 8.14. The fraction of sp³-hybridized carbons (Fsp3) is 0.318. The molecule has 0 spiro atoms. The van der Waals surface area contributed by atoms with Crippen LogP contribution in [0.25, 0.3) is 11.1 Å². The van der Waals surface area contributed by atoms with Crippen molar-refractivity contribution >= 4 is 55.2 Å². The standard InChI is InChI=1S/C22H22BrClF2N2O3S2/c1-32(30)12-2-9-27-21(29)22(26)7-10-28(11-8-22)33(31)20-6-3-15(23)13-18(20)17-14-16(25)4-5-19(17)24/h2-6,12-14H,7-11H2,1H3,(H,27,29)/b12-2-. The Morgan fingerprint density at radius 2 is 1.91 bits per heavy atom. The Bertz CT molecular complexity index is 1120. The molecule has 0 aliphatic carbocycles. The number of piperidine rings is 1. The van der Waals surface area contributed by atoms with Crippen LogP contribution in [0, 0.1) is 5.82 Å². The van der Waals surface area contributed by atoms with Crippen LogP contribution < -0.4 is 5.32 Å². The van der Waals surface area contributed by atoms with Gasteiger partial charge in [-0.2, -0.15) is 0 Å². The zero-order valence-corrected chi connectivity index (χ0v) is 21.6. The molecule has 178 valence electrons. The second-order valence-corrected chi connectivity index (χ2v) is 11.5. The number of alkyl halides is 1. The van der Waals surface area contributed by atoms with E-state index in [1.807, 2.05) is 0 Å². The van der Waals surface area contributed by atoms with Crippen molar-refractivity contribution < 1.29 is 22.0 Å². The first-order valence-electron chi connectivity index (χ1n) is 9.98. The van der Waals surface area contributed by atoms with Crippen molar-refractivity contribution in [2.24, 2.45) is 0 Å². The second kappa shape index (κ2) is 11.3. The van der Waals surface area contributed by atoms with Gasteiger partial charge in [0.1, 0.15) is 16.8 Å². The monoisotopic (exact) mass is 578 g/mol. The average Bonchev–Trinajstić information content (AvgIpc) is 2.78. The lowest BCUT2D eigenvalue weighted by Crippen LogP contribution is -2.51. The molecule has 11 heteroatoms. The van der Waals surface area contributed by atoms with Gasteiger partial charge in [0.2, 0.25) is 0 Å². The number of halogens is 4. The summed E-state index contributed by atoms with van der Waals surface area (Å²) in [6.07, 6.45) is 2.75. The highest BCUT2D eigenvalue weighted by atomic mass is 79.9. The van der Waals surface area contributed by atoms with E-state index in [1.54, 1.807) is 22.5 Å². The molecule has 2 unspecified atom stereocenters. The molecule has 1 amide bonds. The van der Waals surface area contributed by atoms with Crippen molar-refractivity contribution in [2.45, 2.75) is 23.4 Å². The minimum atomic E-state index is -2.08. The first kappa shape index (κ1) is 26.2. The van der Waals surface area contributed by atoms with Gasteiger partial charge in [0.25, 0.3) is 5.91 Å². The lowest BCUT2D eigenvalue weighted by molar-refractivity contribution is -0.135. The van der Waals surface area contributed by atoms with Gasteiger partial charge in [0.15, 0.2) is 5.67 Å². The third-order valence-electron chi connectivity index (χ3n) is 5.17. The number of rotatable bonds is 7. The highest BCUT2D eigenvalue weighted by Crippen LogP contribution is 2.36. The maximum atomic E-state index is 15.2. The molecule has 1 saturated heterocycles. The van der Waals surface area contributed by atoms with Crippen LogP contribution in [0.3, 0.4) is 0 Å². The number of nitrogens with one attached hydrogen (secondary N) is 1. The van der Waals surface area contributed by atoms with Gasteiger partial charge in [-0.15, -0.1) is 0 Å². The van der Waals surface area contributed by atoms with Crippen LogP contribution in [0.4, 0.5) is 8.78 Å². The van der Waals surface area contributed by atoms with Gasteiger partial charge in [-0.25, -0.2) is 17.3 Å². The zero-order chi connectivity index (χ0) is 24.2. The molecule has 5 nitrogen and oxygen atoms in total. The Morgan fingerprint density at radius 1 is 1.21 bits per heavy atom. The van der Waals surface area contributed by atoms with Crippen LogP contribution in [0.1, 0.15) is 12.8 Å². The first-order valence-corrected chi connectivity index (χ1v) is 13.9. The van der Waals surface area contributed by atoms with Crippen LogP contribution in [0.15, 0.2) is 57.3 Å². The van der Waals surface area contributed by atoms with Crippen LogP contribution in [-0.2, 0) is 26.6 Å². The molecule has 2 aromatic carbocycles. The topological polar surface area (TPSA) is 66.5 Å². The van der Waals surface area contributed by atoms with Crippen molar-refractivity contribution in [3.63, 3.8) is 0 Å². The lowest BCUT2D eigenvalue weighted by atomic mass is 9.93. The SMILES string of the molecule is CS(=O)/C=C\CNC(=O)C1(F)CCN(S(=O)c2ccc(Br)cc2-c2cc(F)ccc2Cl)CC1. The number of carbonyl (C=O) groups excluding carboxylic acids is 1. The van der Waals surface area contributed by atoms with E-state index in [4.69, 9.17) is 11.6 Å². The molecule has 3 rings (SSSR count). The van der Waals surface area contributed by atoms with Crippen LogP contribution in [-0.4, -0.2) is 50.2 Å². The fourth-order valence-corrected chi connectivity index (χ4v) is 5.72. The summed E-state index contributed by atoms with van der Waals surface area (Å²) in [5.41, 5.74) is -1.17. The molecule has 2 aromatic rings. The smallest absolute Gasteiger partial charge is 0.258 e. The minimum Gasteiger partial charge on any atom is -0.350 e. The molecule has 33 heavy (non-hydrogen) atoms. The number of hydrogen-bond donors (Lipinski definition) is 1. The summed E-state index contributed by atoms with van der Waals surface area (Å²) in [6, 6.07) is 9.04. The number of carbonyl (C=O) groups is 1. The highest BCUT2D eigenvalue weighted by molar-refractivity contribution is 9.10. The van der Waals surface area contributed by atoms with Gasteiger partial charge in [0, 0.05) is 70.2 Å². The molecule has 1 aliphatic heterocycles. The van der Waals surface area contributed by atoms with Gasteiger partial charge >= 0.3 is 0 Å². The maximum absolute atomic E-state index is 15.2. The first-order chi connectivity index (χ1) is 15.6. The molecule has 2 atom stereocenters. The molecule has 1 aliphatic rings. The predicted molar refractivity (Wildman–Crippen MR) is 132 cm³/mol. The largest absolute Gasteiger partial charge is 0.350 e. The molecule has 0 radical (unpaired) electrons. The summed E-state index contributed by atoms with van der Waals surface area (Å²) in [5.74, 6) is -1.22. The van der Waals surface area contributed by atoms with Gasteiger partial charge in [-0.05, 0) is 41.8 Å². The molecule has 1 N–H and O–H groups in total. The van der Waals surface area contributed by atoms with E-state index in [9.17, 15) is 17.6 Å². The normalized spacial score (nSPS) is 18.2. The van der Waals surface area contributed by atoms with Crippen LogP contribution in [0.5, 0.6) is 0 Å². The Morgan fingerprint density at radius 3 is 2.58 bits per heavy atom. The van der Waals surface area contributed by atoms with Crippen molar-refractivity contribution in [1.29, 1.82) is 0 Å². The highest BCUT2D eigenvalue weighted by Gasteiger charge is 2.42. The van der Waals surface area contributed by atoms with Gasteiger partial charge in [-0.1, -0.05) is 33.6 Å². The van der Waals surface area contributed by atoms with Gasteiger partial charge < -0.3 is 5.32 Å². The number of nitrogens with zero attached hydrogens (tertiary/aromatic N) is 1. The third kappa shape index (κ3) is 6.57. The quantitative estimate of drug-likeness (QED) is 0.515. The summed E-state index contributed by atoms with van der Waals surface area (Å²) < 4.78 is 55.8. The minimum absolute atomic E-state index is 0.0797. The number of benzene rings is 2. The average molecular weight is 580 g/mol. The van der Waals surface area contributed by atoms with E-state index >= 15 is 4.39 Å². The predicted octanol–water partition coefficient (Wildman–Crippen LogP) is 4.74. The van der Waals surface area contributed by atoms with E-state index < -0.39 is 39.2 Å². The van der Waals surface area contributed by atoms with Crippen LogP contribution in [0.2, 0.25) is 5.02 Å². The van der Waals surface area contributed by atoms with E-state index in [2.05, 4.69) is 21.2 Å². The zero-order valence-electron chi connectivity index (χ0n) is 17.7. The van der Waals surface area contributed by atoms with Crippen LogP contribution >= 0.6 is 27.5 Å². The molecular formula is C22H22BrClF2N2O3S2. The second-order valence-electron chi connectivity index (χ2n) is 7.49. The Balaban J connectivity index is 1.74. The summed E-state index contributed by atoms with van der Waals surface area (Å²) in [6.45, 7) is 0.270. The van der Waals surface area contributed by atoms with Gasteiger partial charge in [-0.3, -0.25) is 9.00 Å². The summed E-state index contributed by atoms with van der Waals surface area (Å²) >= 11 is 9.66. The van der Waals surface area contributed by atoms with E-state index in [0.29, 0.717) is 25.5 Å². The van der Waals surface area contributed by atoms with E-state index in [0.717, 1.165) is 0 Å². The van der Waals surface area contributed by atoms with Crippen molar-refractivity contribution in [3.8, 4) is 11.1 Å². The molecule has 1 fully saturated rings. The Kier molecular flexibility index (Phi) is 8.96. The summed E-state index contributed by atoms with van der Waals surface area (Å²) in [5, 5.41) is 4.21. The lowest BCUT2D eigenvalue weighted by Gasteiger charge is -2.34. The van der Waals surface area contributed by atoms with Crippen molar-refractivity contribution in [1.82, 2.24) is 9.62 Å². The summed E-state index contributed by atoms with van der Waals surface area (Å²) in [7, 11) is -2.82. The molecule has 1 heterocycles. The van der Waals surface area contributed by atoms with E-state index in [-0.39, 0.29) is 32.5 Å². The molecule has 0 saturated carbocycles. The van der Waals surface area contributed by atoms with E-state index in [1.165, 1.54) is 35.9 Å². The van der Waals surface area contributed by atoms with Crippen molar-refractivity contribution in [3.05, 3.63) is 63.2 Å². The number of hydrogen-bond acceptors (Lipinski definition) is 3. The maximum Gasteiger partial charge on any atom is 0.258 e. The summed E-state index contributed by atoms with van der Waals surface area (Å²) in [4.78, 5) is 12.7. The number of amides is 1. The molecule has 0 bridgehead atoms. The van der Waals surface area contributed by atoms with Crippen molar-refractivity contribution in [2.75, 3.05) is 25.9 Å². The fourth-order valence-electron chi connectivity index (χ4n) is 3.44. The molecular weight excluding hydrogens is 558 g/mol.